The molecule has 0 saturated carbocycles. The third-order valence-corrected chi connectivity index (χ3v) is 1.92. The maximum atomic E-state index is 5.69. The lowest BCUT2D eigenvalue weighted by Crippen LogP contribution is -2.09. The standard InChI is InChI=1S/C10H17N3/c1-7(2)5-8-3-4-9(11)10(6-8)13-12/h3-4,6-7,13H,5,11-12H2,1-2H3. The topological polar surface area (TPSA) is 64.1 Å². The quantitative estimate of drug-likeness (QED) is 0.376. The van der Waals surface area contributed by atoms with Crippen LogP contribution in [0.15, 0.2) is 18.2 Å². The molecule has 0 atom stereocenters. The number of hydrazine groups is 1. The molecular formula is C10H17N3. The zero-order chi connectivity index (χ0) is 9.84. The first-order valence-corrected chi connectivity index (χ1v) is 4.48. The molecule has 72 valence electrons. The van der Waals surface area contributed by atoms with E-state index in [1.165, 1.54) is 5.56 Å². The van der Waals surface area contributed by atoms with E-state index < -0.39 is 0 Å². The highest BCUT2D eigenvalue weighted by Crippen LogP contribution is 2.20. The number of hydrogen-bond acceptors (Lipinski definition) is 3. The second kappa shape index (κ2) is 4.14. The van der Waals surface area contributed by atoms with Crippen LogP contribution >= 0.6 is 0 Å². The number of nitrogens with one attached hydrogen (secondary N) is 1. The van der Waals surface area contributed by atoms with E-state index in [-0.39, 0.29) is 0 Å². The van der Waals surface area contributed by atoms with Crippen molar-refractivity contribution in [3.05, 3.63) is 23.8 Å². The number of nitrogen functional groups attached to an aromatic ring is 2. The molecule has 0 aliphatic heterocycles. The van der Waals surface area contributed by atoms with Crippen molar-refractivity contribution in [1.82, 2.24) is 0 Å². The van der Waals surface area contributed by atoms with Crippen LogP contribution in [-0.2, 0) is 6.42 Å². The van der Waals surface area contributed by atoms with Crippen LogP contribution in [0.25, 0.3) is 0 Å². The summed E-state index contributed by atoms with van der Waals surface area (Å²) in [4.78, 5) is 0. The lowest BCUT2D eigenvalue weighted by Gasteiger charge is -2.09. The third-order valence-electron chi connectivity index (χ3n) is 1.92. The Balaban J connectivity index is 2.86. The predicted molar refractivity (Wildman–Crippen MR) is 57.2 cm³/mol. The van der Waals surface area contributed by atoms with E-state index in [4.69, 9.17) is 11.6 Å². The molecule has 1 aromatic rings. The summed E-state index contributed by atoms with van der Waals surface area (Å²) in [5.41, 5.74) is 11.0. The molecule has 0 spiro atoms. The van der Waals surface area contributed by atoms with E-state index in [2.05, 4.69) is 19.3 Å². The van der Waals surface area contributed by atoms with Crippen LogP contribution < -0.4 is 17.0 Å². The Morgan fingerprint density at radius 1 is 1.38 bits per heavy atom. The maximum absolute atomic E-state index is 5.69. The van der Waals surface area contributed by atoms with Crippen molar-refractivity contribution in [2.75, 3.05) is 11.2 Å². The molecule has 3 heteroatoms. The summed E-state index contributed by atoms with van der Waals surface area (Å²) in [6.07, 6.45) is 1.05. The maximum Gasteiger partial charge on any atom is 0.0718 e. The Morgan fingerprint density at radius 2 is 2.08 bits per heavy atom. The first-order valence-electron chi connectivity index (χ1n) is 4.48. The fourth-order valence-corrected chi connectivity index (χ4v) is 1.33. The Morgan fingerprint density at radius 3 is 2.62 bits per heavy atom. The van der Waals surface area contributed by atoms with Gasteiger partial charge in [0.1, 0.15) is 0 Å². The number of anilines is 2. The molecule has 1 aromatic carbocycles. The summed E-state index contributed by atoms with van der Waals surface area (Å²) in [6.45, 7) is 4.37. The monoisotopic (exact) mass is 179 g/mol. The Labute approximate surface area is 79.1 Å². The Bertz CT molecular complexity index is 281. The van der Waals surface area contributed by atoms with Gasteiger partial charge in [0.05, 0.1) is 11.4 Å². The molecule has 0 fully saturated rings. The van der Waals surface area contributed by atoms with E-state index in [1.54, 1.807) is 0 Å². The predicted octanol–water partition coefficient (Wildman–Crippen LogP) is 1.75. The van der Waals surface area contributed by atoms with E-state index in [0.717, 1.165) is 12.1 Å². The summed E-state index contributed by atoms with van der Waals surface area (Å²) in [7, 11) is 0. The van der Waals surface area contributed by atoms with Crippen LogP contribution in [-0.4, -0.2) is 0 Å². The molecule has 0 amide bonds. The van der Waals surface area contributed by atoms with Crippen molar-refractivity contribution in [3.63, 3.8) is 0 Å². The van der Waals surface area contributed by atoms with Crippen molar-refractivity contribution >= 4 is 11.4 Å². The minimum atomic E-state index is 0.647. The second-order valence-electron chi connectivity index (χ2n) is 3.66. The van der Waals surface area contributed by atoms with Crippen LogP contribution in [0.5, 0.6) is 0 Å². The Kier molecular flexibility index (Phi) is 3.14. The number of rotatable bonds is 3. The van der Waals surface area contributed by atoms with Gasteiger partial charge < -0.3 is 11.2 Å². The van der Waals surface area contributed by atoms with Crippen LogP contribution in [0.2, 0.25) is 0 Å². The van der Waals surface area contributed by atoms with Gasteiger partial charge in [-0.3, -0.25) is 5.84 Å². The summed E-state index contributed by atoms with van der Waals surface area (Å²) in [5, 5.41) is 0. The molecule has 0 unspecified atom stereocenters. The largest absolute Gasteiger partial charge is 0.397 e. The molecule has 0 aromatic heterocycles. The second-order valence-corrected chi connectivity index (χ2v) is 3.66. The van der Waals surface area contributed by atoms with Crippen molar-refractivity contribution in [3.8, 4) is 0 Å². The Hall–Kier alpha value is -1.22. The average molecular weight is 179 g/mol. The van der Waals surface area contributed by atoms with Gasteiger partial charge >= 0.3 is 0 Å². The van der Waals surface area contributed by atoms with Crippen molar-refractivity contribution in [2.45, 2.75) is 20.3 Å². The van der Waals surface area contributed by atoms with Gasteiger partial charge in [0.15, 0.2) is 0 Å². The molecule has 0 bridgehead atoms. The van der Waals surface area contributed by atoms with Gasteiger partial charge in [-0.2, -0.15) is 0 Å². The van der Waals surface area contributed by atoms with Gasteiger partial charge in [-0.15, -0.1) is 0 Å². The first-order chi connectivity index (χ1) is 6.13. The van der Waals surface area contributed by atoms with Gasteiger partial charge in [0.2, 0.25) is 0 Å². The van der Waals surface area contributed by atoms with Crippen LogP contribution in [0.3, 0.4) is 0 Å². The van der Waals surface area contributed by atoms with Crippen LogP contribution in [0, 0.1) is 5.92 Å². The van der Waals surface area contributed by atoms with Crippen molar-refractivity contribution in [1.29, 1.82) is 0 Å². The van der Waals surface area contributed by atoms with Crippen molar-refractivity contribution < 1.29 is 0 Å². The van der Waals surface area contributed by atoms with Crippen LogP contribution in [0.1, 0.15) is 19.4 Å². The average Bonchev–Trinajstić information content (AvgIpc) is 2.07. The van der Waals surface area contributed by atoms with Crippen LogP contribution in [0.4, 0.5) is 11.4 Å². The van der Waals surface area contributed by atoms with Gasteiger partial charge in [-0.05, 0) is 30.0 Å². The molecule has 13 heavy (non-hydrogen) atoms. The number of hydrogen-bond donors (Lipinski definition) is 3. The highest BCUT2D eigenvalue weighted by Gasteiger charge is 2.01. The third kappa shape index (κ3) is 2.63. The zero-order valence-corrected chi connectivity index (χ0v) is 8.17. The smallest absolute Gasteiger partial charge is 0.0718 e. The van der Waals surface area contributed by atoms with E-state index in [9.17, 15) is 0 Å². The summed E-state index contributed by atoms with van der Waals surface area (Å²) in [5.74, 6) is 5.97. The van der Waals surface area contributed by atoms with Gasteiger partial charge in [0, 0.05) is 0 Å². The summed E-state index contributed by atoms with van der Waals surface area (Å²) >= 11 is 0. The fraction of sp³-hybridized carbons (Fsp3) is 0.400. The molecule has 0 heterocycles. The minimum absolute atomic E-state index is 0.647. The molecule has 5 N–H and O–H groups in total. The van der Waals surface area contributed by atoms with E-state index in [0.29, 0.717) is 11.6 Å². The molecule has 0 aliphatic carbocycles. The van der Waals surface area contributed by atoms with E-state index >= 15 is 0 Å². The van der Waals surface area contributed by atoms with Crippen molar-refractivity contribution in [2.24, 2.45) is 11.8 Å². The van der Waals surface area contributed by atoms with E-state index in [1.807, 2.05) is 18.2 Å². The first kappa shape index (κ1) is 9.86. The lowest BCUT2D eigenvalue weighted by molar-refractivity contribution is 0.647. The highest BCUT2D eigenvalue weighted by atomic mass is 15.2. The molecule has 0 saturated heterocycles. The van der Waals surface area contributed by atoms with Gasteiger partial charge in [0.25, 0.3) is 0 Å². The molecule has 0 aliphatic rings. The molecular weight excluding hydrogens is 162 g/mol. The summed E-state index contributed by atoms with van der Waals surface area (Å²) in [6, 6.07) is 5.92. The SMILES string of the molecule is CC(C)Cc1ccc(N)c(NN)c1. The summed E-state index contributed by atoms with van der Waals surface area (Å²) < 4.78 is 0. The van der Waals surface area contributed by atoms with Gasteiger partial charge in [-0.25, -0.2) is 0 Å². The fourth-order valence-electron chi connectivity index (χ4n) is 1.33. The highest BCUT2D eigenvalue weighted by molar-refractivity contribution is 5.66. The molecule has 1 rings (SSSR count). The number of nitrogens with two attached hydrogens (primary N) is 2. The lowest BCUT2D eigenvalue weighted by atomic mass is 10.0. The molecule has 3 nitrogen and oxygen atoms in total. The zero-order valence-electron chi connectivity index (χ0n) is 8.17. The van der Waals surface area contributed by atoms with Gasteiger partial charge in [-0.1, -0.05) is 19.9 Å². The normalized spacial score (nSPS) is 10.5. The molecule has 0 radical (unpaired) electrons. The minimum Gasteiger partial charge on any atom is -0.397 e. The number of benzene rings is 1.